The van der Waals surface area contributed by atoms with Gasteiger partial charge in [-0.15, -0.1) is 0 Å². The average Bonchev–Trinajstić information content (AvgIpc) is 2.87. The molecular weight excluding hydrogens is 248 g/mol. The van der Waals surface area contributed by atoms with Gasteiger partial charge in [0.1, 0.15) is 6.04 Å². The maximum absolute atomic E-state index is 12.4. The van der Waals surface area contributed by atoms with Crippen LogP contribution in [0.5, 0.6) is 0 Å². The van der Waals surface area contributed by atoms with Crippen LogP contribution in [0.25, 0.3) is 0 Å². The first-order chi connectivity index (χ1) is 9.63. The number of carbonyl (C=O) groups is 1. The predicted octanol–water partition coefficient (Wildman–Crippen LogP) is 3.28. The van der Waals surface area contributed by atoms with Crippen molar-refractivity contribution in [3.63, 3.8) is 0 Å². The molecule has 0 saturated heterocycles. The van der Waals surface area contributed by atoms with Gasteiger partial charge in [0.05, 0.1) is 0 Å². The molecule has 3 nitrogen and oxygen atoms in total. The average molecular weight is 266 g/mol. The Kier molecular flexibility index (Phi) is 3.18. The van der Waals surface area contributed by atoms with Gasteiger partial charge in [-0.1, -0.05) is 30.3 Å². The molecule has 3 heteroatoms. The molecule has 2 aromatic carbocycles. The van der Waals surface area contributed by atoms with E-state index in [4.69, 9.17) is 0 Å². The number of hydrogen-bond acceptors (Lipinski definition) is 2. The number of nitrogens with one attached hydrogen (secondary N) is 2. The molecule has 3 rings (SSSR count). The van der Waals surface area contributed by atoms with E-state index in [0.29, 0.717) is 0 Å². The number of anilines is 2. The van der Waals surface area contributed by atoms with Crippen LogP contribution in [0.2, 0.25) is 0 Å². The van der Waals surface area contributed by atoms with E-state index in [1.165, 1.54) is 5.56 Å². The molecule has 1 unspecified atom stereocenters. The predicted molar refractivity (Wildman–Crippen MR) is 82.1 cm³/mol. The van der Waals surface area contributed by atoms with Crippen LogP contribution in [0.15, 0.2) is 42.5 Å². The quantitative estimate of drug-likeness (QED) is 0.876. The smallest absolute Gasteiger partial charge is 0.247 e. The number of para-hydroxylation sites is 1. The molecule has 1 aliphatic rings. The van der Waals surface area contributed by atoms with Crippen LogP contribution in [-0.2, 0) is 11.2 Å². The van der Waals surface area contributed by atoms with Gasteiger partial charge in [0.15, 0.2) is 0 Å². The standard InChI is InChI=1S/C17H18N2O/c1-11-7-8-12(2)15(9-11)19-17(20)16-10-13-5-3-4-6-14(13)18-16/h3-9,16,18H,10H2,1-2H3,(H,19,20). The Bertz CT molecular complexity index is 639. The molecule has 0 radical (unpaired) electrons. The minimum atomic E-state index is -0.188. The molecule has 0 spiro atoms. The minimum Gasteiger partial charge on any atom is -0.373 e. The highest BCUT2D eigenvalue weighted by Gasteiger charge is 2.26. The SMILES string of the molecule is Cc1ccc(C)c(NC(=O)C2Cc3ccccc3N2)c1. The summed E-state index contributed by atoms with van der Waals surface area (Å²) in [4.78, 5) is 12.4. The molecule has 102 valence electrons. The fraction of sp³-hybridized carbons (Fsp3) is 0.235. The van der Waals surface area contributed by atoms with Gasteiger partial charge in [0.2, 0.25) is 5.91 Å². The van der Waals surface area contributed by atoms with E-state index in [0.717, 1.165) is 28.9 Å². The van der Waals surface area contributed by atoms with E-state index < -0.39 is 0 Å². The summed E-state index contributed by atoms with van der Waals surface area (Å²) in [5.41, 5.74) is 5.39. The van der Waals surface area contributed by atoms with Crippen molar-refractivity contribution in [1.82, 2.24) is 0 Å². The second kappa shape index (κ2) is 5.00. The van der Waals surface area contributed by atoms with E-state index in [-0.39, 0.29) is 11.9 Å². The van der Waals surface area contributed by atoms with Crippen LogP contribution in [0, 0.1) is 13.8 Å². The summed E-state index contributed by atoms with van der Waals surface area (Å²) in [5, 5.41) is 6.30. The van der Waals surface area contributed by atoms with Crippen LogP contribution in [0.1, 0.15) is 16.7 Å². The highest BCUT2D eigenvalue weighted by molar-refractivity contribution is 5.98. The third-order valence-electron chi connectivity index (χ3n) is 3.74. The molecule has 1 heterocycles. The lowest BCUT2D eigenvalue weighted by molar-refractivity contribution is -0.116. The number of rotatable bonds is 2. The molecular formula is C17H18N2O. The van der Waals surface area contributed by atoms with Gasteiger partial charge in [-0.2, -0.15) is 0 Å². The summed E-state index contributed by atoms with van der Waals surface area (Å²) in [6.07, 6.45) is 0.743. The zero-order valence-electron chi connectivity index (χ0n) is 11.7. The first kappa shape index (κ1) is 12.7. The number of aryl methyl sites for hydroxylation is 2. The van der Waals surface area contributed by atoms with Gasteiger partial charge < -0.3 is 10.6 Å². The Labute approximate surface area is 119 Å². The molecule has 2 N–H and O–H groups in total. The Morgan fingerprint density at radius 1 is 1.20 bits per heavy atom. The molecule has 20 heavy (non-hydrogen) atoms. The van der Waals surface area contributed by atoms with Gasteiger partial charge in [-0.3, -0.25) is 4.79 Å². The van der Waals surface area contributed by atoms with Crippen LogP contribution in [0.3, 0.4) is 0 Å². The van der Waals surface area contributed by atoms with Gasteiger partial charge >= 0.3 is 0 Å². The third kappa shape index (κ3) is 2.39. The third-order valence-corrected chi connectivity index (χ3v) is 3.74. The van der Waals surface area contributed by atoms with Crippen molar-refractivity contribution in [3.05, 3.63) is 59.2 Å². The van der Waals surface area contributed by atoms with Gasteiger partial charge in [0.25, 0.3) is 0 Å². The Morgan fingerprint density at radius 2 is 2.00 bits per heavy atom. The number of amides is 1. The van der Waals surface area contributed by atoms with Crippen LogP contribution in [-0.4, -0.2) is 11.9 Å². The lowest BCUT2D eigenvalue weighted by atomic mass is 10.1. The largest absolute Gasteiger partial charge is 0.373 e. The minimum absolute atomic E-state index is 0.0231. The van der Waals surface area contributed by atoms with Crippen LogP contribution in [0.4, 0.5) is 11.4 Å². The van der Waals surface area contributed by atoms with Gasteiger partial charge in [-0.25, -0.2) is 0 Å². The van der Waals surface area contributed by atoms with E-state index in [2.05, 4.69) is 22.8 Å². The Morgan fingerprint density at radius 3 is 2.80 bits per heavy atom. The summed E-state index contributed by atoms with van der Waals surface area (Å²) < 4.78 is 0. The summed E-state index contributed by atoms with van der Waals surface area (Å²) in [5.74, 6) is 0.0231. The normalized spacial score (nSPS) is 16.4. The maximum atomic E-state index is 12.4. The monoisotopic (exact) mass is 266 g/mol. The highest BCUT2D eigenvalue weighted by Crippen LogP contribution is 2.26. The van der Waals surface area contributed by atoms with E-state index >= 15 is 0 Å². The van der Waals surface area contributed by atoms with Crippen molar-refractivity contribution in [2.24, 2.45) is 0 Å². The van der Waals surface area contributed by atoms with E-state index in [9.17, 15) is 4.79 Å². The molecule has 0 aliphatic carbocycles. The highest BCUT2D eigenvalue weighted by atomic mass is 16.2. The number of fused-ring (bicyclic) bond motifs is 1. The Hall–Kier alpha value is -2.29. The van der Waals surface area contributed by atoms with Crippen LogP contribution < -0.4 is 10.6 Å². The summed E-state index contributed by atoms with van der Waals surface area (Å²) in [7, 11) is 0. The maximum Gasteiger partial charge on any atom is 0.247 e. The summed E-state index contributed by atoms with van der Waals surface area (Å²) >= 11 is 0. The lowest BCUT2D eigenvalue weighted by Gasteiger charge is -2.14. The zero-order valence-corrected chi connectivity index (χ0v) is 11.7. The summed E-state index contributed by atoms with van der Waals surface area (Å²) in [6.45, 7) is 4.03. The van der Waals surface area contributed by atoms with Crippen molar-refractivity contribution in [1.29, 1.82) is 0 Å². The molecule has 1 aliphatic heterocycles. The molecule has 1 amide bonds. The van der Waals surface area contributed by atoms with E-state index in [1.807, 2.05) is 44.2 Å². The number of carbonyl (C=O) groups excluding carboxylic acids is 1. The van der Waals surface area contributed by atoms with Gasteiger partial charge in [-0.05, 0) is 42.7 Å². The van der Waals surface area contributed by atoms with Gasteiger partial charge in [0, 0.05) is 17.8 Å². The van der Waals surface area contributed by atoms with Crippen molar-refractivity contribution < 1.29 is 4.79 Å². The van der Waals surface area contributed by atoms with Crippen molar-refractivity contribution in [3.8, 4) is 0 Å². The fourth-order valence-electron chi connectivity index (χ4n) is 2.55. The number of benzene rings is 2. The molecule has 0 fully saturated rings. The van der Waals surface area contributed by atoms with Crippen molar-refractivity contribution in [2.75, 3.05) is 10.6 Å². The summed E-state index contributed by atoms with van der Waals surface area (Å²) in [6, 6.07) is 14.0. The first-order valence-electron chi connectivity index (χ1n) is 6.86. The van der Waals surface area contributed by atoms with Crippen molar-refractivity contribution in [2.45, 2.75) is 26.3 Å². The van der Waals surface area contributed by atoms with Crippen LogP contribution >= 0.6 is 0 Å². The first-order valence-corrected chi connectivity index (χ1v) is 6.86. The zero-order chi connectivity index (χ0) is 14.1. The molecule has 0 bridgehead atoms. The number of hydrogen-bond donors (Lipinski definition) is 2. The lowest BCUT2D eigenvalue weighted by Crippen LogP contribution is -2.33. The topological polar surface area (TPSA) is 41.1 Å². The van der Waals surface area contributed by atoms with Crippen molar-refractivity contribution >= 4 is 17.3 Å². The Balaban J connectivity index is 1.74. The molecule has 1 atom stereocenters. The second-order valence-electron chi connectivity index (χ2n) is 5.37. The molecule has 0 aromatic heterocycles. The second-order valence-corrected chi connectivity index (χ2v) is 5.37. The molecule has 2 aromatic rings. The molecule has 0 saturated carbocycles. The fourth-order valence-corrected chi connectivity index (χ4v) is 2.55. The van der Waals surface area contributed by atoms with E-state index in [1.54, 1.807) is 0 Å².